The van der Waals surface area contributed by atoms with E-state index in [2.05, 4.69) is 67.6 Å². The van der Waals surface area contributed by atoms with Crippen molar-refractivity contribution >= 4 is 0 Å². The van der Waals surface area contributed by atoms with E-state index in [0.717, 1.165) is 11.6 Å². The van der Waals surface area contributed by atoms with Crippen LogP contribution in [0.25, 0.3) is 0 Å². The van der Waals surface area contributed by atoms with Gasteiger partial charge in [-0.2, -0.15) is 0 Å². The third-order valence-electron chi connectivity index (χ3n) is 4.94. The van der Waals surface area contributed by atoms with Crippen molar-refractivity contribution < 1.29 is 0 Å². The number of likely N-dealkylation sites (tertiary alicyclic amines) is 1. The van der Waals surface area contributed by atoms with Crippen LogP contribution in [0.5, 0.6) is 0 Å². The summed E-state index contributed by atoms with van der Waals surface area (Å²) in [6.45, 7) is 16.0. The third kappa shape index (κ3) is 4.55. The van der Waals surface area contributed by atoms with Gasteiger partial charge in [0.15, 0.2) is 0 Å². The molecule has 4 heteroatoms. The molecule has 1 aliphatic rings. The lowest BCUT2D eigenvalue weighted by molar-refractivity contribution is 0.129. The second kappa shape index (κ2) is 7.12. The molecule has 0 bridgehead atoms. The van der Waals surface area contributed by atoms with Crippen molar-refractivity contribution in [2.24, 2.45) is 5.92 Å². The van der Waals surface area contributed by atoms with E-state index in [1.165, 1.54) is 38.8 Å². The lowest BCUT2D eigenvalue weighted by atomic mass is 9.93. The first kappa shape index (κ1) is 17.5. The second-order valence-corrected chi connectivity index (χ2v) is 8.42. The van der Waals surface area contributed by atoms with Gasteiger partial charge in [0.25, 0.3) is 0 Å². The molecule has 1 atom stereocenters. The Kier molecular flexibility index (Phi) is 5.65. The maximum atomic E-state index is 4.38. The molecule has 126 valence electrons. The molecule has 0 aromatic carbocycles. The first-order valence-electron chi connectivity index (χ1n) is 8.93. The predicted molar refractivity (Wildman–Crippen MR) is 92.1 cm³/mol. The minimum Gasteiger partial charge on any atom is -0.301 e. The zero-order valence-electron chi connectivity index (χ0n) is 15.3. The summed E-state index contributed by atoms with van der Waals surface area (Å²) in [5, 5.41) is 8.75. The van der Waals surface area contributed by atoms with Crippen LogP contribution in [0.1, 0.15) is 79.0 Å². The van der Waals surface area contributed by atoms with E-state index in [1.807, 2.05) is 0 Å². The molecule has 2 heterocycles. The van der Waals surface area contributed by atoms with Crippen molar-refractivity contribution in [3.63, 3.8) is 0 Å². The van der Waals surface area contributed by atoms with E-state index in [-0.39, 0.29) is 5.41 Å². The molecule has 1 fully saturated rings. The smallest absolute Gasteiger partial charge is 0.0880 e. The van der Waals surface area contributed by atoms with E-state index < -0.39 is 0 Å². The Morgan fingerprint density at radius 3 is 2.27 bits per heavy atom. The zero-order valence-corrected chi connectivity index (χ0v) is 15.3. The standard InChI is InChI=1S/C18H34N4/c1-14(2)7-8-15(3)21-11-9-16(10-12-21)22-13-17(19-20-22)18(4,5)6/h13-16H,7-12H2,1-6H3/t15-/m0/s1. The first-order valence-corrected chi connectivity index (χ1v) is 8.93. The maximum absolute atomic E-state index is 4.38. The second-order valence-electron chi connectivity index (χ2n) is 8.42. The van der Waals surface area contributed by atoms with Gasteiger partial charge in [-0.15, -0.1) is 5.10 Å². The van der Waals surface area contributed by atoms with E-state index in [4.69, 9.17) is 0 Å². The number of hydrogen-bond acceptors (Lipinski definition) is 3. The average molecular weight is 306 g/mol. The molecule has 0 amide bonds. The van der Waals surface area contributed by atoms with Crippen molar-refractivity contribution in [2.45, 2.75) is 84.7 Å². The minimum absolute atomic E-state index is 0.0876. The fraction of sp³-hybridized carbons (Fsp3) is 0.889. The van der Waals surface area contributed by atoms with Gasteiger partial charge in [0.05, 0.1) is 11.7 Å². The van der Waals surface area contributed by atoms with E-state index in [1.54, 1.807) is 0 Å². The fourth-order valence-electron chi connectivity index (χ4n) is 3.15. The molecule has 1 aromatic heterocycles. The van der Waals surface area contributed by atoms with E-state index in [9.17, 15) is 0 Å². The van der Waals surface area contributed by atoms with Crippen LogP contribution in [0.15, 0.2) is 6.20 Å². The van der Waals surface area contributed by atoms with Crippen LogP contribution in [0.2, 0.25) is 0 Å². The Labute approximate surface area is 136 Å². The zero-order chi connectivity index (χ0) is 16.3. The summed E-state index contributed by atoms with van der Waals surface area (Å²) in [7, 11) is 0. The van der Waals surface area contributed by atoms with Crippen molar-refractivity contribution in [3.8, 4) is 0 Å². The number of nitrogens with zero attached hydrogens (tertiary/aromatic N) is 4. The Morgan fingerprint density at radius 2 is 1.77 bits per heavy atom. The maximum Gasteiger partial charge on any atom is 0.0880 e. The Bertz CT molecular complexity index is 450. The summed E-state index contributed by atoms with van der Waals surface area (Å²) in [4.78, 5) is 2.65. The number of aromatic nitrogens is 3. The molecule has 1 aromatic rings. The highest BCUT2D eigenvalue weighted by Crippen LogP contribution is 2.26. The van der Waals surface area contributed by atoms with Gasteiger partial charge in [-0.1, -0.05) is 39.8 Å². The topological polar surface area (TPSA) is 34.0 Å². The monoisotopic (exact) mass is 306 g/mol. The number of piperidine rings is 1. The van der Waals surface area contributed by atoms with Gasteiger partial charge in [0.2, 0.25) is 0 Å². The van der Waals surface area contributed by atoms with Crippen molar-refractivity contribution in [1.29, 1.82) is 0 Å². The molecule has 22 heavy (non-hydrogen) atoms. The van der Waals surface area contributed by atoms with E-state index in [0.29, 0.717) is 12.1 Å². The predicted octanol–water partition coefficient (Wildman–Crippen LogP) is 4.04. The van der Waals surface area contributed by atoms with Crippen molar-refractivity contribution in [1.82, 2.24) is 19.9 Å². The lowest BCUT2D eigenvalue weighted by Gasteiger charge is -2.36. The highest BCUT2D eigenvalue weighted by atomic mass is 15.4. The van der Waals surface area contributed by atoms with Crippen LogP contribution in [0.4, 0.5) is 0 Å². The molecule has 0 N–H and O–H groups in total. The summed E-state index contributed by atoms with van der Waals surface area (Å²) < 4.78 is 2.11. The highest BCUT2D eigenvalue weighted by molar-refractivity contribution is 5.07. The molecule has 1 saturated heterocycles. The largest absolute Gasteiger partial charge is 0.301 e. The molecule has 0 aliphatic carbocycles. The summed E-state index contributed by atoms with van der Waals surface area (Å²) >= 11 is 0. The lowest BCUT2D eigenvalue weighted by Crippen LogP contribution is -2.40. The molecule has 2 rings (SSSR count). The summed E-state index contributed by atoms with van der Waals surface area (Å²) in [6.07, 6.45) is 7.19. The summed E-state index contributed by atoms with van der Waals surface area (Å²) in [6, 6.07) is 1.24. The van der Waals surface area contributed by atoms with Crippen LogP contribution >= 0.6 is 0 Å². The normalized spacial score (nSPS) is 19.8. The summed E-state index contributed by atoms with van der Waals surface area (Å²) in [5.41, 5.74) is 1.19. The van der Waals surface area contributed by atoms with Gasteiger partial charge < -0.3 is 4.90 Å². The van der Waals surface area contributed by atoms with Crippen LogP contribution in [-0.2, 0) is 5.41 Å². The molecule has 4 nitrogen and oxygen atoms in total. The van der Waals surface area contributed by atoms with Crippen molar-refractivity contribution in [2.75, 3.05) is 13.1 Å². The SMILES string of the molecule is CC(C)CC[C@H](C)N1CCC(n2cc(C(C)(C)C)nn2)CC1. The van der Waals surface area contributed by atoms with Gasteiger partial charge in [0.1, 0.15) is 0 Å². The number of rotatable bonds is 5. The average Bonchev–Trinajstić information content (AvgIpc) is 2.94. The fourth-order valence-corrected chi connectivity index (χ4v) is 3.15. The molecule has 0 spiro atoms. The van der Waals surface area contributed by atoms with Crippen LogP contribution in [0.3, 0.4) is 0 Å². The van der Waals surface area contributed by atoms with Crippen LogP contribution in [0, 0.1) is 5.92 Å². The molecular weight excluding hydrogens is 272 g/mol. The Morgan fingerprint density at radius 1 is 1.14 bits per heavy atom. The van der Waals surface area contributed by atoms with Gasteiger partial charge >= 0.3 is 0 Å². The van der Waals surface area contributed by atoms with Gasteiger partial charge in [0, 0.05) is 30.7 Å². The van der Waals surface area contributed by atoms with Crippen molar-refractivity contribution in [3.05, 3.63) is 11.9 Å². The summed E-state index contributed by atoms with van der Waals surface area (Å²) in [5.74, 6) is 0.811. The Hall–Kier alpha value is -0.900. The third-order valence-corrected chi connectivity index (χ3v) is 4.94. The Balaban J connectivity index is 1.85. The van der Waals surface area contributed by atoms with Crippen LogP contribution in [-0.4, -0.2) is 39.0 Å². The minimum atomic E-state index is 0.0876. The van der Waals surface area contributed by atoms with Gasteiger partial charge in [-0.05, 0) is 38.5 Å². The number of hydrogen-bond donors (Lipinski definition) is 0. The quantitative estimate of drug-likeness (QED) is 0.823. The van der Waals surface area contributed by atoms with Gasteiger partial charge in [-0.25, -0.2) is 4.68 Å². The molecule has 0 saturated carbocycles. The highest BCUT2D eigenvalue weighted by Gasteiger charge is 2.26. The molecule has 1 aliphatic heterocycles. The van der Waals surface area contributed by atoms with E-state index >= 15 is 0 Å². The molecule has 0 unspecified atom stereocenters. The van der Waals surface area contributed by atoms with Crippen LogP contribution < -0.4 is 0 Å². The molecule has 0 radical (unpaired) electrons. The first-order chi connectivity index (χ1) is 10.3. The molecular formula is C18H34N4. The van der Waals surface area contributed by atoms with Gasteiger partial charge in [-0.3, -0.25) is 0 Å².